The Morgan fingerprint density at radius 1 is 1.19 bits per heavy atom. The van der Waals surface area contributed by atoms with Gasteiger partial charge in [0.1, 0.15) is 0 Å². The van der Waals surface area contributed by atoms with E-state index in [-0.39, 0.29) is 5.91 Å². The van der Waals surface area contributed by atoms with Crippen molar-refractivity contribution in [2.75, 3.05) is 11.9 Å². The summed E-state index contributed by atoms with van der Waals surface area (Å²) in [5, 5.41) is 2.92. The molecule has 0 aromatic heterocycles. The van der Waals surface area contributed by atoms with E-state index in [4.69, 9.17) is 5.73 Å². The Morgan fingerprint density at radius 3 is 2.71 bits per heavy atom. The van der Waals surface area contributed by atoms with Gasteiger partial charge in [-0.15, -0.1) is 0 Å². The van der Waals surface area contributed by atoms with E-state index in [1.807, 2.05) is 24.3 Å². The first-order chi connectivity index (χ1) is 10.3. The number of hydrogen-bond donors (Lipinski definition) is 2. The van der Waals surface area contributed by atoms with E-state index in [1.165, 1.54) is 25.7 Å². The van der Waals surface area contributed by atoms with Crippen molar-refractivity contribution in [3.05, 3.63) is 29.8 Å². The van der Waals surface area contributed by atoms with Gasteiger partial charge >= 0.3 is 0 Å². The maximum atomic E-state index is 11.9. The fourth-order valence-corrected chi connectivity index (χ4v) is 2.12. The molecule has 21 heavy (non-hydrogen) atoms. The Labute approximate surface area is 128 Å². The van der Waals surface area contributed by atoms with Crippen LogP contribution in [0, 0.1) is 11.8 Å². The molecule has 0 bridgehead atoms. The summed E-state index contributed by atoms with van der Waals surface area (Å²) in [6.07, 6.45) is 7.74. The zero-order valence-electron chi connectivity index (χ0n) is 13.0. The minimum Gasteiger partial charge on any atom is -0.326 e. The fraction of sp³-hybridized carbons (Fsp3) is 0.500. The van der Waals surface area contributed by atoms with Crippen LogP contribution >= 0.6 is 0 Å². The number of amides is 1. The molecule has 0 heterocycles. The molecular weight excluding hydrogens is 260 g/mol. The van der Waals surface area contributed by atoms with Crippen LogP contribution in [0.25, 0.3) is 0 Å². The van der Waals surface area contributed by atoms with Crippen molar-refractivity contribution >= 4 is 11.6 Å². The number of nitrogens with two attached hydrogens (primary N) is 1. The molecule has 1 amide bonds. The molecule has 3 heteroatoms. The Bertz CT molecular complexity index is 485. The highest BCUT2D eigenvalue weighted by Crippen LogP contribution is 2.12. The molecule has 0 unspecified atom stereocenters. The molecule has 0 aliphatic heterocycles. The fourth-order valence-electron chi connectivity index (χ4n) is 2.12. The number of carbonyl (C=O) groups is 1. The van der Waals surface area contributed by atoms with Crippen LogP contribution in [0.1, 0.15) is 57.4 Å². The van der Waals surface area contributed by atoms with E-state index < -0.39 is 0 Å². The largest absolute Gasteiger partial charge is 0.326 e. The lowest BCUT2D eigenvalue weighted by Gasteiger charge is -2.05. The minimum atomic E-state index is 0.0782. The first kappa shape index (κ1) is 17.3. The molecule has 3 N–H and O–H groups in total. The smallest absolute Gasteiger partial charge is 0.224 e. The predicted molar refractivity (Wildman–Crippen MR) is 89.0 cm³/mol. The highest BCUT2D eigenvalue weighted by molar-refractivity contribution is 5.90. The van der Waals surface area contributed by atoms with Crippen LogP contribution in [0.4, 0.5) is 5.69 Å². The van der Waals surface area contributed by atoms with Crippen LogP contribution in [0.5, 0.6) is 0 Å². The maximum absolute atomic E-state index is 11.9. The quantitative estimate of drug-likeness (QED) is 0.565. The lowest BCUT2D eigenvalue weighted by atomic mass is 10.1. The Balaban J connectivity index is 2.31. The first-order valence-electron chi connectivity index (χ1n) is 7.85. The molecule has 1 aromatic carbocycles. The number of anilines is 1. The molecule has 0 saturated heterocycles. The van der Waals surface area contributed by atoms with E-state index in [2.05, 4.69) is 24.1 Å². The van der Waals surface area contributed by atoms with Crippen LogP contribution in [-0.4, -0.2) is 12.5 Å². The first-order valence-corrected chi connectivity index (χ1v) is 7.85. The zero-order chi connectivity index (χ0) is 15.3. The van der Waals surface area contributed by atoms with E-state index in [0.717, 1.165) is 24.1 Å². The van der Waals surface area contributed by atoms with Gasteiger partial charge < -0.3 is 11.1 Å². The van der Waals surface area contributed by atoms with Gasteiger partial charge in [-0.3, -0.25) is 4.79 Å². The highest BCUT2D eigenvalue weighted by atomic mass is 16.1. The molecule has 0 aliphatic rings. The molecule has 1 rings (SSSR count). The van der Waals surface area contributed by atoms with Crippen molar-refractivity contribution in [1.29, 1.82) is 0 Å². The average molecular weight is 286 g/mol. The predicted octanol–water partition coefficient (Wildman–Crippen LogP) is 3.69. The second kappa shape index (κ2) is 10.9. The summed E-state index contributed by atoms with van der Waals surface area (Å²) in [7, 11) is 0. The number of benzene rings is 1. The zero-order valence-corrected chi connectivity index (χ0v) is 13.0. The summed E-state index contributed by atoms with van der Waals surface area (Å²) in [6.45, 7) is 2.55. The van der Waals surface area contributed by atoms with Crippen molar-refractivity contribution in [1.82, 2.24) is 0 Å². The molecule has 114 valence electrons. The van der Waals surface area contributed by atoms with Crippen molar-refractivity contribution in [2.45, 2.75) is 51.9 Å². The molecule has 0 fully saturated rings. The van der Waals surface area contributed by atoms with Gasteiger partial charge in [0, 0.05) is 17.7 Å². The summed E-state index contributed by atoms with van der Waals surface area (Å²) in [6, 6.07) is 7.56. The molecule has 1 aromatic rings. The molecule has 0 spiro atoms. The molecule has 3 nitrogen and oxygen atoms in total. The standard InChI is InChI=1S/C18H26N2O/c1-2-3-4-5-6-7-13-18(21)20-17-12-8-10-16(15-17)11-9-14-19/h8,10,12,15H,2-7,13-14,19H2,1H3,(H,20,21). The van der Waals surface area contributed by atoms with Gasteiger partial charge in [0.05, 0.1) is 6.54 Å². The van der Waals surface area contributed by atoms with Crippen molar-refractivity contribution in [3.63, 3.8) is 0 Å². The Morgan fingerprint density at radius 2 is 1.95 bits per heavy atom. The van der Waals surface area contributed by atoms with Gasteiger partial charge in [-0.05, 0) is 24.6 Å². The number of unbranched alkanes of at least 4 members (excludes halogenated alkanes) is 5. The van der Waals surface area contributed by atoms with E-state index in [1.54, 1.807) is 0 Å². The maximum Gasteiger partial charge on any atom is 0.224 e. The molecular formula is C18H26N2O. The lowest BCUT2D eigenvalue weighted by molar-refractivity contribution is -0.116. The SMILES string of the molecule is CCCCCCCCC(=O)Nc1cccc(C#CCN)c1. The third-order valence-electron chi connectivity index (χ3n) is 3.24. The van der Waals surface area contributed by atoms with Gasteiger partial charge in [-0.25, -0.2) is 0 Å². The van der Waals surface area contributed by atoms with Crippen LogP contribution in [0.2, 0.25) is 0 Å². The summed E-state index contributed by atoms with van der Waals surface area (Å²) < 4.78 is 0. The highest BCUT2D eigenvalue weighted by Gasteiger charge is 2.02. The topological polar surface area (TPSA) is 55.1 Å². The Kier molecular flexibility index (Phi) is 8.99. The van der Waals surface area contributed by atoms with Crippen molar-refractivity contribution in [2.24, 2.45) is 5.73 Å². The average Bonchev–Trinajstić information content (AvgIpc) is 2.49. The summed E-state index contributed by atoms with van der Waals surface area (Å²) in [5.74, 6) is 5.85. The second-order valence-corrected chi connectivity index (χ2v) is 5.15. The summed E-state index contributed by atoms with van der Waals surface area (Å²) in [5.41, 5.74) is 7.02. The third-order valence-corrected chi connectivity index (χ3v) is 3.24. The molecule has 0 atom stereocenters. The number of hydrogen-bond acceptors (Lipinski definition) is 2. The molecule has 0 saturated carbocycles. The van der Waals surface area contributed by atoms with Crippen LogP contribution in [0.3, 0.4) is 0 Å². The normalized spacial score (nSPS) is 9.81. The van der Waals surface area contributed by atoms with Gasteiger partial charge in [0.25, 0.3) is 0 Å². The van der Waals surface area contributed by atoms with Crippen LogP contribution in [-0.2, 0) is 4.79 Å². The van der Waals surface area contributed by atoms with E-state index in [9.17, 15) is 4.79 Å². The third kappa shape index (κ3) is 8.16. The van der Waals surface area contributed by atoms with Crippen molar-refractivity contribution < 1.29 is 4.79 Å². The number of carbonyl (C=O) groups excluding carboxylic acids is 1. The van der Waals surface area contributed by atoms with Crippen LogP contribution < -0.4 is 11.1 Å². The molecule has 0 radical (unpaired) electrons. The Hall–Kier alpha value is -1.79. The van der Waals surface area contributed by atoms with E-state index >= 15 is 0 Å². The van der Waals surface area contributed by atoms with Gasteiger partial charge in [0.2, 0.25) is 5.91 Å². The van der Waals surface area contributed by atoms with E-state index in [0.29, 0.717) is 13.0 Å². The monoisotopic (exact) mass is 286 g/mol. The second-order valence-electron chi connectivity index (χ2n) is 5.15. The number of nitrogens with one attached hydrogen (secondary N) is 1. The lowest BCUT2D eigenvalue weighted by Crippen LogP contribution is -2.11. The minimum absolute atomic E-state index is 0.0782. The van der Waals surface area contributed by atoms with Gasteiger partial charge in [-0.2, -0.15) is 0 Å². The number of rotatable bonds is 8. The van der Waals surface area contributed by atoms with Crippen molar-refractivity contribution in [3.8, 4) is 11.8 Å². The van der Waals surface area contributed by atoms with Gasteiger partial charge in [0.15, 0.2) is 0 Å². The van der Waals surface area contributed by atoms with Crippen LogP contribution in [0.15, 0.2) is 24.3 Å². The van der Waals surface area contributed by atoms with Gasteiger partial charge in [-0.1, -0.05) is 56.9 Å². The summed E-state index contributed by atoms with van der Waals surface area (Å²) >= 11 is 0. The summed E-state index contributed by atoms with van der Waals surface area (Å²) in [4.78, 5) is 11.9. The molecule has 0 aliphatic carbocycles.